The molecule has 21 heavy (non-hydrogen) atoms. The fourth-order valence-electron chi connectivity index (χ4n) is 4.37. The summed E-state index contributed by atoms with van der Waals surface area (Å²) in [4.78, 5) is 27.7. The van der Waals surface area contributed by atoms with Crippen molar-refractivity contribution >= 4 is 29.3 Å². The van der Waals surface area contributed by atoms with Gasteiger partial charge in [-0.25, -0.2) is 4.90 Å². The molecule has 0 N–H and O–H groups in total. The molecular formula is C16H13NO3S. The van der Waals surface area contributed by atoms with Crippen molar-refractivity contribution in [3.8, 4) is 0 Å². The van der Waals surface area contributed by atoms with Crippen molar-refractivity contribution in [3.05, 3.63) is 42.5 Å². The molecule has 2 bridgehead atoms. The summed E-state index contributed by atoms with van der Waals surface area (Å²) in [7, 11) is 0. The molecule has 4 heterocycles. The van der Waals surface area contributed by atoms with Crippen molar-refractivity contribution in [1.29, 1.82) is 0 Å². The van der Waals surface area contributed by atoms with Crippen molar-refractivity contribution in [2.24, 2.45) is 10.8 Å². The van der Waals surface area contributed by atoms with E-state index in [-0.39, 0.29) is 24.0 Å². The average Bonchev–Trinajstić information content (AvgIpc) is 3.21. The molecule has 4 aliphatic heterocycles. The van der Waals surface area contributed by atoms with E-state index in [0.29, 0.717) is 17.2 Å². The first-order chi connectivity index (χ1) is 10.2. The summed E-state index contributed by atoms with van der Waals surface area (Å²) in [5, 5.41) is 0. The fourth-order valence-corrected chi connectivity index (χ4v) is 6.20. The molecule has 0 aromatic heterocycles. The molecule has 5 rings (SSSR count). The lowest BCUT2D eigenvalue weighted by molar-refractivity contribution is -0.128. The minimum atomic E-state index is -0.690. The largest absolute Gasteiger partial charge is 0.364 e. The highest BCUT2D eigenvalue weighted by atomic mass is 32.2. The summed E-state index contributed by atoms with van der Waals surface area (Å²) < 4.78 is 5.92. The van der Waals surface area contributed by atoms with Gasteiger partial charge in [-0.1, -0.05) is 30.4 Å². The van der Waals surface area contributed by atoms with Gasteiger partial charge >= 0.3 is 0 Å². The zero-order valence-electron chi connectivity index (χ0n) is 11.2. The lowest BCUT2D eigenvalue weighted by Crippen LogP contribution is -2.50. The number of benzene rings is 1. The Morgan fingerprint density at radius 3 is 2.14 bits per heavy atom. The van der Waals surface area contributed by atoms with Gasteiger partial charge in [-0.15, -0.1) is 0 Å². The molecule has 0 saturated carbocycles. The van der Waals surface area contributed by atoms with Gasteiger partial charge in [0.1, 0.15) is 10.8 Å². The van der Waals surface area contributed by atoms with E-state index >= 15 is 0 Å². The third kappa shape index (κ3) is 1.06. The molecule has 1 aromatic carbocycles. The van der Waals surface area contributed by atoms with Crippen molar-refractivity contribution in [3.63, 3.8) is 0 Å². The Bertz CT molecular complexity index is 665. The first-order valence-corrected chi connectivity index (χ1v) is 8.23. The van der Waals surface area contributed by atoms with Gasteiger partial charge in [0, 0.05) is 11.5 Å². The van der Waals surface area contributed by atoms with E-state index in [1.165, 1.54) is 4.90 Å². The molecule has 0 aliphatic carbocycles. The van der Waals surface area contributed by atoms with Crippen LogP contribution < -0.4 is 4.90 Å². The number of carbonyl (C=O) groups excluding carboxylic acids is 2. The Hall–Kier alpha value is -1.59. The summed E-state index contributed by atoms with van der Waals surface area (Å²) in [6, 6.07) is 9.24. The molecule has 5 heteroatoms. The van der Waals surface area contributed by atoms with E-state index in [1.807, 2.05) is 42.5 Å². The standard InChI is InChI=1S/C16H13NO3S/c18-13-15-8-21-9-16(15,12-7-6-11(15)20-12)14(19)17(13)10-4-2-1-3-5-10/h1-7,11-12H,8-9H2/t11?,12?,15-,16?/m1/s1. The van der Waals surface area contributed by atoms with Crippen LogP contribution >= 0.6 is 11.8 Å². The Morgan fingerprint density at radius 2 is 1.57 bits per heavy atom. The Kier molecular flexibility index (Phi) is 2.05. The summed E-state index contributed by atoms with van der Waals surface area (Å²) in [6.45, 7) is 0. The van der Waals surface area contributed by atoms with Crippen LogP contribution in [0, 0.1) is 10.8 Å². The topological polar surface area (TPSA) is 46.6 Å². The molecule has 4 aliphatic rings. The summed E-state index contributed by atoms with van der Waals surface area (Å²) in [5.74, 6) is 1.18. The van der Waals surface area contributed by atoms with E-state index in [9.17, 15) is 9.59 Å². The SMILES string of the molecule is O=C1N(c2ccccc2)C(=O)[C@]23CSCC12C1C=CC3O1. The normalized spacial score (nSPS) is 42.8. The van der Waals surface area contributed by atoms with Crippen molar-refractivity contribution < 1.29 is 14.3 Å². The van der Waals surface area contributed by atoms with Crippen LogP contribution in [-0.4, -0.2) is 35.5 Å². The molecule has 0 spiro atoms. The van der Waals surface area contributed by atoms with Crippen molar-refractivity contribution in [2.75, 3.05) is 16.4 Å². The smallest absolute Gasteiger partial charge is 0.245 e. The molecule has 3 saturated heterocycles. The molecule has 3 fully saturated rings. The number of hydrogen-bond acceptors (Lipinski definition) is 4. The van der Waals surface area contributed by atoms with Crippen LogP contribution in [-0.2, 0) is 14.3 Å². The van der Waals surface area contributed by atoms with Gasteiger partial charge in [0.25, 0.3) is 0 Å². The van der Waals surface area contributed by atoms with Crippen LogP contribution in [0.2, 0.25) is 0 Å². The molecule has 2 amide bonds. The van der Waals surface area contributed by atoms with E-state index in [2.05, 4.69) is 0 Å². The Labute approximate surface area is 126 Å². The second-order valence-electron chi connectivity index (χ2n) is 6.08. The molecule has 4 atom stereocenters. The lowest BCUT2D eigenvalue weighted by atomic mass is 9.61. The molecule has 0 radical (unpaired) electrons. The predicted octanol–water partition coefficient (Wildman–Crippen LogP) is 1.62. The van der Waals surface area contributed by atoms with Gasteiger partial charge in [-0.3, -0.25) is 9.59 Å². The Morgan fingerprint density at radius 1 is 1.00 bits per heavy atom. The highest BCUT2D eigenvalue weighted by Crippen LogP contribution is 2.68. The minimum Gasteiger partial charge on any atom is -0.364 e. The first kappa shape index (κ1) is 12.0. The number of nitrogens with zero attached hydrogens (tertiary/aromatic N) is 1. The van der Waals surface area contributed by atoms with Crippen LogP contribution in [0.25, 0.3) is 0 Å². The highest BCUT2D eigenvalue weighted by molar-refractivity contribution is 7.99. The number of carbonyl (C=O) groups is 2. The zero-order valence-corrected chi connectivity index (χ0v) is 12.0. The number of fused-ring (bicyclic) bond motifs is 2. The van der Waals surface area contributed by atoms with E-state index < -0.39 is 10.8 Å². The molecule has 106 valence electrons. The van der Waals surface area contributed by atoms with Crippen LogP contribution in [0.15, 0.2) is 42.5 Å². The number of para-hydroxylation sites is 1. The highest BCUT2D eigenvalue weighted by Gasteiger charge is 2.82. The summed E-state index contributed by atoms with van der Waals surface area (Å²) in [6.07, 6.45) is 3.44. The van der Waals surface area contributed by atoms with Crippen LogP contribution in [0.5, 0.6) is 0 Å². The number of imide groups is 1. The molecule has 1 aromatic rings. The van der Waals surface area contributed by atoms with Crippen LogP contribution in [0.4, 0.5) is 5.69 Å². The van der Waals surface area contributed by atoms with Crippen molar-refractivity contribution in [2.45, 2.75) is 12.2 Å². The number of amides is 2. The zero-order chi connectivity index (χ0) is 14.2. The first-order valence-electron chi connectivity index (χ1n) is 7.07. The maximum Gasteiger partial charge on any atom is 0.245 e. The van der Waals surface area contributed by atoms with E-state index in [4.69, 9.17) is 4.74 Å². The van der Waals surface area contributed by atoms with Crippen LogP contribution in [0.1, 0.15) is 0 Å². The second-order valence-corrected chi connectivity index (χ2v) is 7.06. The molecule has 4 nitrogen and oxygen atoms in total. The van der Waals surface area contributed by atoms with Gasteiger partial charge in [-0.05, 0) is 12.1 Å². The quantitative estimate of drug-likeness (QED) is 0.584. The lowest BCUT2D eigenvalue weighted by Gasteiger charge is -2.32. The number of thioether (sulfide) groups is 1. The van der Waals surface area contributed by atoms with Gasteiger partial charge < -0.3 is 4.74 Å². The predicted molar refractivity (Wildman–Crippen MR) is 78.9 cm³/mol. The minimum absolute atomic E-state index is 0.0828. The number of anilines is 1. The number of hydrogen-bond donors (Lipinski definition) is 0. The monoisotopic (exact) mass is 299 g/mol. The molecular weight excluding hydrogens is 286 g/mol. The number of rotatable bonds is 1. The van der Waals surface area contributed by atoms with Gasteiger partial charge in [0.05, 0.1) is 17.9 Å². The Balaban J connectivity index is 1.73. The van der Waals surface area contributed by atoms with Gasteiger partial charge in [0.15, 0.2) is 0 Å². The van der Waals surface area contributed by atoms with Crippen LogP contribution in [0.3, 0.4) is 0 Å². The fraction of sp³-hybridized carbons (Fsp3) is 0.375. The third-order valence-electron chi connectivity index (χ3n) is 5.36. The second kappa shape index (κ2) is 3.59. The maximum atomic E-state index is 13.2. The van der Waals surface area contributed by atoms with E-state index in [1.54, 1.807) is 11.8 Å². The summed E-state index contributed by atoms with van der Waals surface area (Å²) >= 11 is 1.70. The number of ether oxygens (including phenoxy) is 1. The van der Waals surface area contributed by atoms with Gasteiger partial charge in [0.2, 0.25) is 11.8 Å². The van der Waals surface area contributed by atoms with Crippen molar-refractivity contribution in [1.82, 2.24) is 0 Å². The average molecular weight is 299 g/mol. The molecule has 3 unspecified atom stereocenters. The van der Waals surface area contributed by atoms with Gasteiger partial charge in [-0.2, -0.15) is 11.8 Å². The van der Waals surface area contributed by atoms with E-state index in [0.717, 1.165) is 0 Å². The third-order valence-corrected chi connectivity index (χ3v) is 6.68. The maximum absolute atomic E-state index is 13.2. The summed E-state index contributed by atoms with van der Waals surface area (Å²) in [5.41, 5.74) is -0.708.